The van der Waals surface area contributed by atoms with E-state index in [1.807, 2.05) is 6.19 Å². The standard InChI is InChI=1S/C12H12N2O/c1-9(2)12(15)10-6-4-5-7-11(10)14(3)8-13/h4-7H,1H2,2-3H3. The van der Waals surface area contributed by atoms with Gasteiger partial charge in [-0.1, -0.05) is 18.7 Å². The van der Waals surface area contributed by atoms with Gasteiger partial charge in [-0.05, 0) is 24.6 Å². The molecule has 3 nitrogen and oxygen atoms in total. The second-order valence-corrected chi connectivity index (χ2v) is 3.29. The first-order valence-corrected chi connectivity index (χ1v) is 4.50. The molecule has 0 amide bonds. The fourth-order valence-corrected chi connectivity index (χ4v) is 1.24. The molecule has 0 spiro atoms. The van der Waals surface area contributed by atoms with E-state index in [9.17, 15) is 4.79 Å². The molecule has 76 valence electrons. The maximum atomic E-state index is 11.8. The molecule has 15 heavy (non-hydrogen) atoms. The van der Waals surface area contributed by atoms with Gasteiger partial charge >= 0.3 is 0 Å². The summed E-state index contributed by atoms with van der Waals surface area (Å²) in [6.07, 6.45) is 1.97. The molecule has 0 aromatic heterocycles. The Hall–Kier alpha value is -2.08. The van der Waals surface area contributed by atoms with E-state index in [0.29, 0.717) is 16.8 Å². The first-order chi connectivity index (χ1) is 7.07. The van der Waals surface area contributed by atoms with Gasteiger partial charge in [0, 0.05) is 12.6 Å². The Morgan fingerprint density at radius 3 is 2.60 bits per heavy atom. The second-order valence-electron chi connectivity index (χ2n) is 3.29. The Morgan fingerprint density at radius 2 is 2.07 bits per heavy atom. The zero-order valence-electron chi connectivity index (χ0n) is 8.82. The van der Waals surface area contributed by atoms with E-state index in [2.05, 4.69) is 6.58 Å². The highest BCUT2D eigenvalue weighted by atomic mass is 16.1. The van der Waals surface area contributed by atoms with Crippen LogP contribution < -0.4 is 4.90 Å². The van der Waals surface area contributed by atoms with Gasteiger partial charge in [0.2, 0.25) is 0 Å². The largest absolute Gasteiger partial charge is 0.289 e. The van der Waals surface area contributed by atoms with Gasteiger partial charge in [0.05, 0.1) is 5.69 Å². The highest BCUT2D eigenvalue weighted by molar-refractivity contribution is 6.11. The topological polar surface area (TPSA) is 44.1 Å². The van der Waals surface area contributed by atoms with Crippen molar-refractivity contribution in [3.63, 3.8) is 0 Å². The van der Waals surface area contributed by atoms with Gasteiger partial charge in [0.15, 0.2) is 12.0 Å². The van der Waals surface area contributed by atoms with Crippen LogP contribution in [0.4, 0.5) is 5.69 Å². The number of hydrogen-bond donors (Lipinski definition) is 0. The van der Waals surface area contributed by atoms with Gasteiger partial charge in [-0.3, -0.25) is 9.69 Å². The normalized spacial score (nSPS) is 9.13. The molecule has 0 unspecified atom stereocenters. The van der Waals surface area contributed by atoms with Crippen LogP contribution in [-0.4, -0.2) is 12.8 Å². The number of carbonyl (C=O) groups is 1. The number of benzene rings is 1. The molecule has 0 aliphatic rings. The third-order valence-electron chi connectivity index (χ3n) is 2.05. The summed E-state index contributed by atoms with van der Waals surface area (Å²) < 4.78 is 0. The number of para-hydroxylation sites is 1. The van der Waals surface area contributed by atoms with E-state index < -0.39 is 0 Å². The third kappa shape index (κ3) is 2.23. The molecule has 1 rings (SSSR count). The summed E-state index contributed by atoms with van der Waals surface area (Å²) in [5.74, 6) is -0.132. The van der Waals surface area contributed by atoms with Crippen molar-refractivity contribution in [3.8, 4) is 6.19 Å². The Balaban J connectivity index is 3.25. The predicted octanol–water partition coefficient (Wildman–Crippen LogP) is 2.36. The maximum absolute atomic E-state index is 11.8. The van der Waals surface area contributed by atoms with Crippen molar-refractivity contribution in [1.82, 2.24) is 0 Å². The quantitative estimate of drug-likeness (QED) is 0.325. The lowest BCUT2D eigenvalue weighted by atomic mass is 10.0. The Kier molecular flexibility index (Phi) is 3.25. The average Bonchev–Trinajstić information content (AvgIpc) is 2.27. The van der Waals surface area contributed by atoms with Crippen LogP contribution in [0, 0.1) is 11.5 Å². The lowest BCUT2D eigenvalue weighted by molar-refractivity contribution is 0.103. The van der Waals surface area contributed by atoms with Gasteiger partial charge in [-0.25, -0.2) is 0 Å². The minimum Gasteiger partial charge on any atom is -0.289 e. The van der Waals surface area contributed by atoms with E-state index >= 15 is 0 Å². The molecule has 1 aromatic rings. The monoisotopic (exact) mass is 200 g/mol. The number of ketones is 1. The summed E-state index contributed by atoms with van der Waals surface area (Å²) in [7, 11) is 1.62. The summed E-state index contributed by atoms with van der Waals surface area (Å²) in [4.78, 5) is 13.1. The van der Waals surface area contributed by atoms with Gasteiger partial charge in [-0.15, -0.1) is 0 Å². The molecule has 0 fully saturated rings. The molecule has 1 aromatic carbocycles. The Bertz CT molecular complexity index is 443. The van der Waals surface area contributed by atoms with Crippen LogP contribution in [0.25, 0.3) is 0 Å². The van der Waals surface area contributed by atoms with Gasteiger partial charge in [-0.2, -0.15) is 5.26 Å². The molecule has 0 aliphatic carbocycles. The predicted molar refractivity (Wildman–Crippen MR) is 59.6 cm³/mol. The molecule has 0 aliphatic heterocycles. The van der Waals surface area contributed by atoms with Crippen LogP contribution in [-0.2, 0) is 0 Å². The number of nitrogens with zero attached hydrogens (tertiary/aromatic N) is 2. The fourth-order valence-electron chi connectivity index (χ4n) is 1.24. The number of carbonyl (C=O) groups excluding carboxylic acids is 1. The molecule has 0 bridgehead atoms. The summed E-state index contributed by atoms with van der Waals surface area (Å²) in [6.45, 7) is 5.26. The summed E-state index contributed by atoms with van der Waals surface area (Å²) in [5, 5.41) is 8.78. The molecule has 0 radical (unpaired) electrons. The van der Waals surface area contributed by atoms with Gasteiger partial charge < -0.3 is 0 Å². The van der Waals surface area contributed by atoms with E-state index in [4.69, 9.17) is 5.26 Å². The van der Waals surface area contributed by atoms with Crippen LogP contribution >= 0.6 is 0 Å². The first kappa shape index (κ1) is 11.0. The number of anilines is 1. The zero-order valence-corrected chi connectivity index (χ0v) is 8.82. The summed E-state index contributed by atoms with van der Waals surface area (Å²) in [6, 6.07) is 6.99. The SMILES string of the molecule is C=C(C)C(=O)c1ccccc1N(C)C#N. The van der Waals surface area contributed by atoms with E-state index in [0.717, 1.165) is 0 Å². The lowest BCUT2D eigenvalue weighted by Gasteiger charge is -2.13. The lowest BCUT2D eigenvalue weighted by Crippen LogP contribution is -2.13. The highest BCUT2D eigenvalue weighted by Crippen LogP contribution is 2.20. The van der Waals surface area contributed by atoms with E-state index in [-0.39, 0.29) is 5.78 Å². The maximum Gasteiger partial charge on any atom is 0.190 e. The second kappa shape index (κ2) is 4.43. The third-order valence-corrected chi connectivity index (χ3v) is 2.05. The molecule has 0 saturated carbocycles. The van der Waals surface area contributed by atoms with Crippen LogP contribution in [0.2, 0.25) is 0 Å². The van der Waals surface area contributed by atoms with Crippen molar-refractivity contribution in [1.29, 1.82) is 5.26 Å². The molecule has 0 atom stereocenters. The molecule has 0 heterocycles. The molecular formula is C12H12N2O. The fraction of sp³-hybridized carbons (Fsp3) is 0.167. The van der Waals surface area contributed by atoms with E-state index in [1.54, 1.807) is 38.2 Å². The summed E-state index contributed by atoms with van der Waals surface area (Å²) >= 11 is 0. The van der Waals surface area contributed by atoms with Crippen molar-refractivity contribution in [3.05, 3.63) is 42.0 Å². The van der Waals surface area contributed by atoms with Crippen LogP contribution in [0.1, 0.15) is 17.3 Å². The first-order valence-electron chi connectivity index (χ1n) is 4.50. The molecule has 3 heteroatoms. The molecule has 0 saturated heterocycles. The number of hydrogen-bond acceptors (Lipinski definition) is 3. The minimum absolute atomic E-state index is 0.132. The van der Waals surface area contributed by atoms with Crippen molar-refractivity contribution in [2.45, 2.75) is 6.92 Å². The Morgan fingerprint density at radius 1 is 1.47 bits per heavy atom. The van der Waals surface area contributed by atoms with Crippen LogP contribution in [0.5, 0.6) is 0 Å². The van der Waals surface area contributed by atoms with Crippen molar-refractivity contribution >= 4 is 11.5 Å². The molecular weight excluding hydrogens is 188 g/mol. The van der Waals surface area contributed by atoms with Crippen molar-refractivity contribution in [2.75, 3.05) is 11.9 Å². The average molecular weight is 200 g/mol. The van der Waals surface area contributed by atoms with Crippen LogP contribution in [0.3, 0.4) is 0 Å². The zero-order chi connectivity index (χ0) is 11.4. The van der Waals surface area contributed by atoms with Crippen molar-refractivity contribution in [2.24, 2.45) is 0 Å². The van der Waals surface area contributed by atoms with Gasteiger partial charge in [0.1, 0.15) is 0 Å². The van der Waals surface area contributed by atoms with Gasteiger partial charge in [0.25, 0.3) is 0 Å². The minimum atomic E-state index is -0.132. The number of Topliss-reactive ketones (excluding diaryl/α,β-unsaturated/α-hetero) is 1. The van der Waals surface area contributed by atoms with Crippen molar-refractivity contribution < 1.29 is 4.79 Å². The smallest absolute Gasteiger partial charge is 0.190 e. The highest BCUT2D eigenvalue weighted by Gasteiger charge is 2.13. The molecule has 0 N–H and O–H groups in total. The summed E-state index contributed by atoms with van der Waals surface area (Å²) in [5.41, 5.74) is 1.58. The number of rotatable bonds is 3. The number of nitriles is 1. The van der Waals surface area contributed by atoms with E-state index in [1.165, 1.54) is 4.90 Å². The number of allylic oxidation sites excluding steroid dienone is 1. The van der Waals surface area contributed by atoms with Crippen LogP contribution in [0.15, 0.2) is 36.4 Å². The Labute approximate surface area is 89.2 Å².